The van der Waals surface area contributed by atoms with Crippen LogP contribution in [-0.4, -0.2) is 0 Å². The number of hydrogen-bond acceptors (Lipinski definition) is 2. The van der Waals surface area contributed by atoms with E-state index in [0.717, 1.165) is 67.5 Å². The maximum absolute atomic E-state index is 2.31. The molecule has 11 rings (SSSR count). The maximum Gasteiger partial charge on any atom is 0.0462 e. The van der Waals surface area contributed by atoms with Gasteiger partial charge in [-0.2, -0.15) is 0 Å². The molecule has 0 spiro atoms. The van der Waals surface area contributed by atoms with E-state index in [4.69, 9.17) is 0 Å². The Morgan fingerprint density at radius 2 is 0.368 bits per heavy atom. The molecule has 2 heteroatoms. The van der Waals surface area contributed by atoms with Gasteiger partial charge in [0.25, 0.3) is 0 Å². The van der Waals surface area contributed by atoms with Crippen LogP contribution in [-0.2, 0) is 0 Å². The lowest BCUT2D eigenvalue weighted by Crippen LogP contribution is -2.09. The molecule has 0 radical (unpaired) electrons. The highest BCUT2D eigenvalue weighted by molar-refractivity contribution is 5.93. The number of rotatable bonds is 16. The number of benzene rings is 11. The van der Waals surface area contributed by atoms with Crippen LogP contribution in [0.15, 0.2) is 303 Å². The molecule has 0 N–H and O–H groups in total. The highest BCUT2D eigenvalue weighted by Gasteiger charge is 2.15. The molecule has 362 valence electrons. The van der Waals surface area contributed by atoms with Gasteiger partial charge >= 0.3 is 0 Å². The third-order valence-electron chi connectivity index (χ3n) is 13.5. The lowest BCUT2D eigenvalue weighted by Gasteiger charge is -2.25. The van der Waals surface area contributed by atoms with Crippen LogP contribution in [0.4, 0.5) is 34.1 Å². The summed E-state index contributed by atoms with van der Waals surface area (Å²) in [6, 6.07) is 108. The fourth-order valence-corrected chi connectivity index (χ4v) is 9.53. The second-order valence-corrected chi connectivity index (χ2v) is 18.6. The van der Waals surface area contributed by atoms with E-state index in [1.165, 1.54) is 33.4 Å². The van der Waals surface area contributed by atoms with E-state index < -0.39 is 0 Å². The summed E-state index contributed by atoms with van der Waals surface area (Å²) < 4.78 is 0. The van der Waals surface area contributed by atoms with Gasteiger partial charge in [0.1, 0.15) is 0 Å². The Labute approximate surface area is 448 Å². The molecule has 76 heavy (non-hydrogen) atoms. The molecule has 11 aromatic rings. The summed E-state index contributed by atoms with van der Waals surface area (Å²) in [5, 5.41) is 0. The fourth-order valence-electron chi connectivity index (χ4n) is 9.53. The van der Waals surface area contributed by atoms with E-state index in [-0.39, 0.29) is 0 Å². The first kappa shape index (κ1) is 48.3. The zero-order chi connectivity index (χ0) is 51.1. The molecule has 0 aliphatic carbocycles. The molecule has 0 atom stereocenters. The number of anilines is 6. The normalized spacial score (nSPS) is 11.1. The van der Waals surface area contributed by atoms with Crippen molar-refractivity contribution in [1.82, 2.24) is 0 Å². The van der Waals surface area contributed by atoms with Gasteiger partial charge in [-0.1, -0.05) is 255 Å². The molecule has 2 nitrogen and oxygen atoms in total. The molecule has 0 unspecified atom stereocenters. The van der Waals surface area contributed by atoms with Crippen molar-refractivity contribution >= 4 is 81.7 Å². The minimum atomic E-state index is 1.09. The maximum atomic E-state index is 2.31. The Balaban J connectivity index is 0.758. The highest BCUT2D eigenvalue weighted by Crippen LogP contribution is 2.38. The molecule has 0 saturated carbocycles. The van der Waals surface area contributed by atoms with Crippen molar-refractivity contribution in [1.29, 1.82) is 0 Å². The molecule has 0 aliphatic rings. The van der Waals surface area contributed by atoms with Gasteiger partial charge in [0.2, 0.25) is 0 Å². The van der Waals surface area contributed by atoms with Gasteiger partial charge in [0, 0.05) is 34.1 Å². The SMILES string of the molecule is C(=Cc1ccc(N(c2ccccc2)c2ccc(C=C(c3ccccc3)c3ccccc3)cc2)cc1)c1ccc(C=Cc2ccc(N(c3ccccc3)c3ccc(C=C(c4ccccc4)c4ccccc4)cc3)cc2)cc1. The lowest BCUT2D eigenvalue weighted by atomic mass is 9.95. The summed E-state index contributed by atoms with van der Waals surface area (Å²) in [7, 11) is 0. The van der Waals surface area contributed by atoms with Crippen LogP contribution in [0.3, 0.4) is 0 Å². The van der Waals surface area contributed by atoms with E-state index in [2.05, 4.69) is 350 Å². The Bertz CT molecular complexity index is 3360. The van der Waals surface area contributed by atoms with Crippen molar-refractivity contribution in [3.63, 3.8) is 0 Å². The Morgan fingerprint density at radius 1 is 0.184 bits per heavy atom. The van der Waals surface area contributed by atoms with E-state index >= 15 is 0 Å². The summed E-state index contributed by atoms with van der Waals surface area (Å²) >= 11 is 0. The third kappa shape index (κ3) is 11.9. The van der Waals surface area contributed by atoms with E-state index in [1.807, 2.05) is 0 Å². The fraction of sp³-hybridized carbons (Fsp3) is 0. The highest BCUT2D eigenvalue weighted by atomic mass is 15.1. The van der Waals surface area contributed by atoms with Crippen molar-refractivity contribution < 1.29 is 0 Å². The van der Waals surface area contributed by atoms with Crippen molar-refractivity contribution in [3.05, 3.63) is 359 Å². The third-order valence-corrected chi connectivity index (χ3v) is 13.5. The summed E-state index contributed by atoms with van der Waals surface area (Å²) in [5.41, 5.74) is 20.6. The predicted molar refractivity (Wildman–Crippen MR) is 326 cm³/mol. The predicted octanol–water partition coefficient (Wildman–Crippen LogP) is 20.1. The zero-order valence-corrected chi connectivity index (χ0v) is 42.2. The summed E-state index contributed by atoms with van der Waals surface area (Å²) in [6.45, 7) is 0. The van der Waals surface area contributed by atoms with Crippen LogP contribution in [0.25, 0.3) is 47.6 Å². The van der Waals surface area contributed by atoms with Gasteiger partial charge in [0.15, 0.2) is 0 Å². The van der Waals surface area contributed by atoms with Crippen LogP contribution in [0, 0.1) is 0 Å². The number of hydrogen-bond donors (Lipinski definition) is 0. The standard InChI is InChI=1S/C74H56N2/c1-7-19-63(20-8-1)73(64-21-9-2-10-22-64)55-61-43-51-71(52-44-61)75(67-27-15-5-16-28-67)69-47-39-59(40-48-69)37-35-57-31-33-58(34-32-57)36-38-60-41-49-70(50-42-60)76(68-29-17-6-18-30-68)72-53-45-62(46-54-72)56-74(65-23-11-3-12-24-65)66-25-13-4-14-26-66/h1-56H. The Hall–Kier alpha value is -10.0. The van der Waals surface area contributed by atoms with Crippen molar-refractivity contribution in [3.8, 4) is 0 Å². The smallest absolute Gasteiger partial charge is 0.0462 e. The van der Waals surface area contributed by atoms with E-state index in [0.29, 0.717) is 0 Å². The molecule has 0 bridgehead atoms. The quantitative estimate of drug-likeness (QED) is 0.0891. The second kappa shape index (κ2) is 23.7. The molecule has 0 aliphatic heterocycles. The van der Waals surface area contributed by atoms with Crippen LogP contribution in [0.1, 0.15) is 55.6 Å². The summed E-state index contributed by atoms with van der Waals surface area (Å²) in [6.07, 6.45) is 13.3. The Kier molecular flexibility index (Phi) is 15.0. The molecule has 0 fully saturated rings. The molecular weight excluding hydrogens is 917 g/mol. The van der Waals surface area contributed by atoms with Crippen LogP contribution in [0.2, 0.25) is 0 Å². The summed E-state index contributed by atoms with van der Waals surface area (Å²) in [4.78, 5) is 4.62. The van der Waals surface area contributed by atoms with Crippen LogP contribution < -0.4 is 9.80 Å². The first-order valence-corrected chi connectivity index (χ1v) is 25.9. The van der Waals surface area contributed by atoms with Gasteiger partial charge in [-0.15, -0.1) is 0 Å². The van der Waals surface area contributed by atoms with Crippen LogP contribution >= 0.6 is 0 Å². The molecule has 0 amide bonds. The van der Waals surface area contributed by atoms with Gasteiger partial charge in [-0.25, -0.2) is 0 Å². The van der Waals surface area contributed by atoms with Gasteiger partial charge in [-0.3, -0.25) is 0 Å². The number of nitrogens with zero attached hydrogens (tertiary/aromatic N) is 2. The van der Waals surface area contributed by atoms with E-state index in [1.54, 1.807) is 0 Å². The minimum Gasteiger partial charge on any atom is -0.311 e. The average Bonchev–Trinajstić information content (AvgIpc) is 3.50. The molecule has 11 aromatic carbocycles. The van der Waals surface area contributed by atoms with E-state index in [9.17, 15) is 0 Å². The molecule has 0 aromatic heterocycles. The first-order chi connectivity index (χ1) is 37.7. The van der Waals surface area contributed by atoms with Crippen molar-refractivity contribution in [2.75, 3.05) is 9.80 Å². The topological polar surface area (TPSA) is 6.48 Å². The summed E-state index contributed by atoms with van der Waals surface area (Å²) in [5.74, 6) is 0. The Morgan fingerprint density at radius 3 is 0.605 bits per heavy atom. The van der Waals surface area contributed by atoms with Crippen molar-refractivity contribution in [2.45, 2.75) is 0 Å². The van der Waals surface area contributed by atoms with Crippen molar-refractivity contribution in [2.24, 2.45) is 0 Å². The van der Waals surface area contributed by atoms with Gasteiger partial charge in [-0.05, 0) is 152 Å². The minimum absolute atomic E-state index is 1.09. The monoisotopic (exact) mass is 972 g/mol. The van der Waals surface area contributed by atoms with Gasteiger partial charge < -0.3 is 9.80 Å². The largest absolute Gasteiger partial charge is 0.311 e. The molecular formula is C74H56N2. The molecule has 0 saturated heterocycles. The average molecular weight is 973 g/mol. The number of para-hydroxylation sites is 2. The van der Waals surface area contributed by atoms with Gasteiger partial charge in [0.05, 0.1) is 0 Å². The second-order valence-electron chi connectivity index (χ2n) is 18.6. The zero-order valence-electron chi connectivity index (χ0n) is 42.2. The lowest BCUT2D eigenvalue weighted by molar-refractivity contribution is 1.28. The first-order valence-electron chi connectivity index (χ1n) is 25.9. The molecule has 0 heterocycles. The van der Waals surface area contributed by atoms with Crippen LogP contribution in [0.5, 0.6) is 0 Å².